The summed E-state index contributed by atoms with van der Waals surface area (Å²) in [6.45, 7) is 2.08. The standard InChI is InChI=1S/C12H14ClN3/c1-9(14-2)11-5-4-10(8-12(11)13)16-7-3-6-15-16/h3-9,14H,1-2H3. The van der Waals surface area contributed by atoms with Crippen molar-refractivity contribution in [1.82, 2.24) is 15.1 Å². The number of benzene rings is 1. The molecular weight excluding hydrogens is 222 g/mol. The van der Waals surface area contributed by atoms with Gasteiger partial charge in [0.15, 0.2) is 0 Å². The molecule has 0 aliphatic heterocycles. The second-order valence-electron chi connectivity index (χ2n) is 3.67. The molecule has 3 nitrogen and oxygen atoms in total. The Balaban J connectivity index is 2.37. The van der Waals surface area contributed by atoms with E-state index in [-0.39, 0.29) is 6.04 Å². The average Bonchev–Trinajstić information content (AvgIpc) is 2.81. The van der Waals surface area contributed by atoms with E-state index in [0.717, 1.165) is 16.3 Å². The maximum Gasteiger partial charge on any atom is 0.0660 e. The molecule has 0 aliphatic carbocycles. The Bertz CT molecular complexity index is 465. The molecule has 0 amide bonds. The zero-order valence-electron chi connectivity index (χ0n) is 9.31. The summed E-state index contributed by atoms with van der Waals surface area (Å²) < 4.78 is 1.79. The Morgan fingerprint density at radius 2 is 2.25 bits per heavy atom. The van der Waals surface area contributed by atoms with Crippen LogP contribution in [0.15, 0.2) is 36.7 Å². The van der Waals surface area contributed by atoms with Crippen molar-refractivity contribution in [3.05, 3.63) is 47.2 Å². The van der Waals surface area contributed by atoms with Crippen LogP contribution in [0.1, 0.15) is 18.5 Å². The van der Waals surface area contributed by atoms with Crippen molar-refractivity contribution in [2.75, 3.05) is 7.05 Å². The Labute approximate surface area is 100 Å². The highest BCUT2D eigenvalue weighted by Crippen LogP contribution is 2.25. The van der Waals surface area contributed by atoms with E-state index < -0.39 is 0 Å². The quantitative estimate of drug-likeness (QED) is 0.887. The van der Waals surface area contributed by atoms with Crippen molar-refractivity contribution >= 4 is 11.6 Å². The van der Waals surface area contributed by atoms with E-state index in [2.05, 4.69) is 17.3 Å². The van der Waals surface area contributed by atoms with Crippen molar-refractivity contribution in [2.24, 2.45) is 0 Å². The second kappa shape index (κ2) is 4.68. The molecule has 1 N–H and O–H groups in total. The molecule has 16 heavy (non-hydrogen) atoms. The number of aromatic nitrogens is 2. The molecule has 0 aliphatic rings. The van der Waals surface area contributed by atoms with Crippen LogP contribution >= 0.6 is 11.6 Å². The van der Waals surface area contributed by atoms with Gasteiger partial charge in [0, 0.05) is 23.5 Å². The fourth-order valence-corrected chi connectivity index (χ4v) is 1.93. The molecule has 0 saturated carbocycles. The molecule has 0 saturated heterocycles. The molecular formula is C12H14ClN3. The van der Waals surface area contributed by atoms with Gasteiger partial charge >= 0.3 is 0 Å². The lowest BCUT2D eigenvalue weighted by Crippen LogP contribution is -2.12. The minimum atomic E-state index is 0.249. The summed E-state index contributed by atoms with van der Waals surface area (Å²) in [5, 5.41) is 8.09. The minimum absolute atomic E-state index is 0.249. The summed E-state index contributed by atoms with van der Waals surface area (Å²) >= 11 is 6.24. The van der Waals surface area contributed by atoms with Crippen LogP contribution in [-0.2, 0) is 0 Å². The van der Waals surface area contributed by atoms with Crippen LogP contribution < -0.4 is 5.32 Å². The average molecular weight is 236 g/mol. The Morgan fingerprint density at radius 1 is 1.44 bits per heavy atom. The van der Waals surface area contributed by atoms with E-state index in [9.17, 15) is 0 Å². The number of nitrogens with zero attached hydrogens (tertiary/aromatic N) is 2. The number of hydrogen-bond acceptors (Lipinski definition) is 2. The van der Waals surface area contributed by atoms with E-state index in [0.29, 0.717) is 0 Å². The first kappa shape index (κ1) is 11.2. The third kappa shape index (κ3) is 2.10. The lowest BCUT2D eigenvalue weighted by atomic mass is 10.1. The van der Waals surface area contributed by atoms with Crippen LogP contribution in [0.4, 0.5) is 0 Å². The molecule has 0 fully saturated rings. The summed E-state index contributed by atoms with van der Waals surface area (Å²) in [5.74, 6) is 0. The monoisotopic (exact) mass is 235 g/mol. The van der Waals surface area contributed by atoms with Gasteiger partial charge in [0.1, 0.15) is 0 Å². The van der Waals surface area contributed by atoms with Gasteiger partial charge in [0.05, 0.1) is 5.69 Å². The predicted molar refractivity (Wildman–Crippen MR) is 66.0 cm³/mol. The number of hydrogen-bond donors (Lipinski definition) is 1. The summed E-state index contributed by atoms with van der Waals surface area (Å²) in [6, 6.07) is 8.11. The Morgan fingerprint density at radius 3 is 2.81 bits per heavy atom. The lowest BCUT2D eigenvalue weighted by Gasteiger charge is -2.13. The smallest absolute Gasteiger partial charge is 0.0660 e. The summed E-state index contributed by atoms with van der Waals surface area (Å²) in [4.78, 5) is 0. The predicted octanol–water partition coefficient (Wildman–Crippen LogP) is 2.81. The maximum absolute atomic E-state index is 6.24. The molecule has 1 aromatic carbocycles. The van der Waals surface area contributed by atoms with Crippen LogP contribution in [-0.4, -0.2) is 16.8 Å². The largest absolute Gasteiger partial charge is 0.313 e. The van der Waals surface area contributed by atoms with E-state index in [1.54, 1.807) is 10.9 Å². The molecule has 0 bridgehead atoms. The van der Waals surface area contributed by atoms with E-state index >= 15 is 0 Å². The molecule has 2 rings (SSSR count). The highest BCUT2D eigenvalue weighted by molar-refractivity contribution is 6.31. The molecule has 1 aromatic heterocycles. The second-order valence-corrected chi connectivity index (χ2v) is 4.07. The van der Waals surface area contributed by atoms with Crippen LogP contribution in [0.3, 0.4) is 0 Å². The van der Waals surface area contributed by atoms with Crippen molar-refractivity contribution in [3.63, 3.8) is 0 Å². The summed E-state index contributed by atoms with van der Waals surface area (Å²) in [7, 11) is 1.92. The van der Waals surface area contributed by atoms with Gasteiger partial charge < -0.3 is 5.32 Å². The Hall–Kier alpha value is -1.32. The van der Waals surface area contributed by atoms with Crippen LogP contribution in [0.2, 0.25) is 5.02 Å². The topological polar surface area (TPSA) is 29.9 Å². The van der Waals surface area contributed by atoms with E-state index in [1.807, 2.05) is 37.5 Å². The third-order valence-corrected chi connectivity index (χ3v) is 2.98. The van der Waals surface area contributed by atoms with Gasteiger partial charge in [-0.3, -0.25) is 0 Å². The lowest BCUT2D eigenvalue weighted by molar-refractivity contribution is 0.652. The first-order chi connectivity index (χ1) is 7.72. The van der Waals surface area contributed by atoms with Gasteiger partial charge in [-0.15, -0.1) is 0 Å². The summed E-state index contributed by atoms with van der Waals surface area (Å²) in [6.07, 6.45) is 3.64. The van der Waals surface area contributed by atoms with Gasteiger partial charge in [-0.05, 0) is 37.7 Å². The van der Waals surface area contributed by atoms with E-state index in [4.69, 9.17) is 11.6 Å². The minimum Gasteiger partial charge on any atom is -0.313 e. The number of rotatable bonds is 3. The zero-order chi connectivity index (χ0) is 11.5. The first-order valence-corrected chi connectivity index (χ1v) is 5.57. The van der Waals surface area contributed by atoms with E-state index in [1.165, 1.54) is 0 Å². The first-order valence-electron chi connectivity index (χ1n) is 5.19. The fourth-order valence-electron chi connectivity index (χ4n) is 1.59. The van der Waals surface area contributed by atoms with Gasteiger partial charge in [0.2, 0.25) is 0 Å². The van der Waals surface area contributed by atoms with Crippen molar-refractivity contribution in [1.29, 1.82) is 0 Å². The highest BCUT2D eigenvalue weighted by Gasteiger charge is 2.08. The van der Waals surface area contributed by atoms with Crippen LogP contribution in [0.25, 0.3) is 5.69 Å². The highest BCUT2D eigenvalue weighted by atomic mass is 35.5. The van der Waals surface area contributed by atoms with Crippen molar-refractivity contribution < 1.29 is 0 Å². The molecule has 4 heteroatoms. The van der Waals surface area contributed by atoms with Gasteiger partial charge in [-0.1, -0.05) is 17.7 Å². The van der Waals surface area contributed by atoms with Crippen molar-refractivity contribution in [2.45, 2.75) is 13.0 Å². The molecule has 2 aromatic rings. The SMILES string of the molecule is CNC(C)c1ccc(-n2cccn2)cc1Cl. The molecule has 0 radical (unpaired) electrons. The normalized spacial score (nSPS) is 12.7. The molecule has 1 heterocycles. The fraction of sp³-hybridized carbons (Fsp3) is 0.250. The van der Waals surface area contributed by atoms with Gasteiger partial charge in [-0.25, -0.2) is 4.68 Å². The zero-order valence-corrected chi connectivity index (χ0v) is 10.1. The van der Waals surface area contributed by atoms with Crippen LogP contribution in [0, 0.1) is 0 Å². The van der Waals surface area contributed by atoms with Gasteiger partial charge in [0.25, 0.3) is 0 Å². The number of halogens is 1. The van der Waals surface area contributed by atoms with Gasteiger partial charge in [-0.2, -0.15) is 5.10 Å². The van der Waals surface area contributed by atoms with Crippen LogP contribution in [0.5, 0.6) is 0 Å². The Kier molecular flexibility index (Phi) is 3.27. The molecule has 1 unspecified atom stereocenters. The third-order valence-electron chi connectivity index (χ3n) is 2.65. The summed E-state index contributed by atoms with van der Waals surface area (Å²) in [5.41, 5.74) is 2.07. The van der Waals surface area contributed by atoms with Crippen molar-refractivity contribution in [3.8, 4) is 5.69 Å². The number of nitrogens with one attached hydrogen (secondary N) is 1. The maximum atomic E-state index is 6.24. The molecule has 84 valence electrons. The molecule has 1 atom stereocenters. The molecule has 0 spiro atoms.